The lowest BCUT2D eigenvalue weighted by atomic mass is 9.95. The molecule has 0 aliphatic carbocycles. The second-order valence-corrected chi connectivity index (χ2v) is 4.43. The number of hydrogen-bond donors (Lipinski definition) is 1. The summed E-state index contributed by atoms with van der Waals surface area (Å²) in [6.45, 7) is 4.11. The molecule has 1 N–H and O–H groups in total. The molecule has 1 aliphatic heterocycles. The van der Waals surface area contributed by atoms with Gasteiger partial charge in [-0.3, -0.25) is 10.1 Å². The Kier molecular flexibility index (Phi) is 3.19. The van der Waals surface area contributed by atoms with Crippen molar-refractivity contribution in [3.8, 4) is 0 Å². The lowest BCUT2D eigenvalue weighted by molar-refractivity contribution is -0.384. The summed E-state index contributed by atoms with van der Waals surface area (Å²) in [6, 6.07) is 5.13. The van der Waals surface area contributed by atoms with E-state index < -0.39 is 0 Å². The summed E-state index contributed by atoms with van der Waals surface area (Å²) in [5, 5.41) is 14.0. The molecule has 1 aromatic carbocycles. The lowest BCUT2D eigenvalue weighted by Crippen LogP contribution is -2.11. The third-order valence-corrected chi connectivity index (χ3v) is 3.21. The zero-order chi connectivity index (χ0) is 11.5. The van der Waals surface area contributed by atoms with Crippen molar-refractivity contribution in [2.24, 2.45) is 5.92 Å². The van der Waals surface area contributed by atoms with Crippen LogP contribution >= 0.6 is 0 Å². The Morgan fingerprint density at radius 3 is 3.00 bits per heavy atom. The minimum Gasteiger partial charge on any atom is -0.316 e. The molecule has 16 heavy (non-hydrogen) atoms. The summed E-state index contributed by atoms with van der Waals surface area (Å²) in [6.07, 6.45) is 2.11. The molecule has 2 rings (SSSR count). The molecule has 1 aromatic rings. The van der Waals surface area contributed by atoms with Gasteiger partial charge in [-0.25, -0.2) is 0 Å². The molecule has 1 unspecified atom stereocenters. The van der Waals surface area contributed by atoms with Gasteiger partial charge in [-0.15, -0.1) is 0 Å². The predicted octanol–water partition coefficient (Wildman–Crippen LogP) is 2.06. The van der Waals surface area contributed by atoms with Crippen LogP contribution in [0.5, 0.6) is 0 Å². The summed E-state index contributed by atoms with van der Waals surface area (Å²) < 4.78 is 0. The van der Waals surface area contributed by atoms with E-state index in [0.717, 1.165) is 30.6 Å². The van der Waals surface area contributed by atoms with Gasteiger partial charge in [-0.05, 0) is 49.9 Å². The molecule has 1 heterocycles. The largest absolute Gasteiger partial charge is 0.316 e. The second kappa shape index (κ2) is 4.61. The van der Waals surface area contributed by atoms with E-state index in [4.69, 9.17) is 0 Å². The first-order valence-corrected chi connectivity index (χ1v) is 5.61. The van der Waals surface area contributed by atoms with Crippen molar-refractivity contribution in [3.63, 3.8) is 0 Å². The number of aryl methyl sites for hydroxylation is 1. The molecule has 1 fully saturated rings. The third kappa shape index (κ3) is 2.39. The Morgan fingerprint density at radius 2 is 2.38 bits per heavy atom. The lowest BCUT2D eigenvalue weighted by Gasteiger charge is -2.10. The van der Waals surface area contributed by atoms with Crippen molar-refractivity contribution in [2.75, 3.05) is 13.1 Å². The first kappa shape index (κ1) is 11.1. The number of nitrogens with zero attached hydrogens (tertiary/aromatic N) is 1. The molecular weight excluding hydrogens is 204 g/mol. The van der Waals surface area contributed by atoms with E-state index in [-0.39, 0.29) is 10.6 Å². The highest BCUT2D eigenvalue weighted by Crippen LogP contribution is 2.22. The summed E-state index contributed by atoms with van der Waals surface area (Å²) in [7, 11) is 0. The number of non-ortho nitro benzene ring substituents is 1. The molecular formula is C12H16N2O2. The number of nitro groups is 1. The van der Waals surface area contributed by atoms with Gasteiger partial charge in [0.05, 0.1) is 4.92 Å². The van der Waals surface area contributed by atoms with Crippen molar-refractivity contribution < 1.29 is 4.92 Å². The van der Waals surface area contributed by atoms with Crippen LogP contribution in [0.25, 0.3) is 0 Å². The molecule has 0 bridgehead atoms. The van der Waals surface area contributed by atoms with Crippen LogP contribution in [-0.2, 0) is 6.42 Å². The monoisotopic (exact) mass is 220 g/mol. The van der Waals surface area contributed by atoms with E-state index in [1.807, 2.05) is 13.0 Å². The Bertz CT molecular complexity index is 398. The van der Waals surface area contributed by atoms with Crippen LogP contribution < -0.4 is 5.32 Å². The smallest absolute Gasteiger partial charge is 0.269 e. The molecule has 86 valence electrons. The van der Waals surface area contributed by atoms with Gasteiger partial charge >= 0.3 is 0 Å². The van der Waals surface area contributed by atoms with E-state index in [2.05, 4.69) is 5.32 Å². The topological polar surface area (TPSA) is 55.2 Å². The van der Waals surface area contributed by atoms with Gasteiger partial charge in [0.1, 0.15) is 0 Å². The fourth-order valence-electron chi connectivity index (χ4n) is 2.19. The predicted molar refractivity (Wildman–Crippen MR) is 62.5 cm³/mol. The van der Waals surface area contributed by atoms with Crippen LogP contribution in [0.4, 0.5) is 5.69 Å². The number of rotatable bonds is 3. The average molecular weight is 220 g/mol. The molecule has 0 aromatic heterocycles. The Balaban J connectivity index is 2.17. The molecule has 0 saturated carbocycles. The van der Waals surface area contributed by atoms with Gasteiger partial charge in [-0.2, -0.15) is 0 Å². The normalized spacial score (nSPS) is 19.9. The number of nitro benzene ring substituents is 1. The van der Waals surface area contributed by atoms with Crippen molar-refractivity contribution >= 4 is 5.69 Å². The van der Waals surface area contributed by atoms with Crippen LogP contribution in [0.15, 0.2) is 18.2 Å². The minimum absolute atomic E-state index is 0.201. The Hall–Kier alpha value is -1.42. The second-order valence-electron chi connectivity index (χ2n) is 4.43. The standard InChI is InChI=1S/C12H16N2O2/c1-9-2-3-12(14(15)16)7-11(9)6-10-4-5-13-8-10/h2-3,7,10,13H,4-6,8H2,1H3. The van der Waals surface area contributed by atoms with Crippen molar-refractivity contribution in [1.29, 1.82) is 0 Å². The van der Waals surface area contributed by atoms with Gasteiger partial charge in [0.2, 0.25) is 0 Å². The quantitative estimate of drug-likeness (QED) is 0.626. The Morgan fingerprint density at radius 1 is 1.56 bits per heavy atom. The molecule has 0 radical (unpaired) electrons. The summed E-state index contributed by atoms with van der Waals surface area (Å²) in [5.74, 6) is 0.626. The van der Waals surface area contributed by atoms with Crippen LogP contribution in [0.2, 0.25) is 0 Å². The Labute approximate surface area is 94.8 Å². The van der Waals surface area contributed by atoms with E-state index in [1.165, 1.54) is 6.42 Å². The van der Waals surface area contributed by atoms with Crippen molar-refractivity contribution in [2.45, 2.75) is 19.8 Å². The summed E-state index contributed by atoms with van der Waals surface area (Å²) in [4.78, 5) is 10.4. The van der Waals surface area contributed by atoms with Crippen molar-refractivity contribution in [1.82, 2.24) is 5.32 Å². The molecule has 1 saturated heterocycles. The molecule has 0 amide bonds. The summed E-state index contributed by atoms with van der Waals surface area (Å²) >= 11 is 0. The average Bonchev–Trinajstić information content (AvgIpc) is 2.73. The number of nitrogens with one attached hydrogen (secondary N) is 1. The highest BCUT2D eigenvalue weighted by Gasteiger charge is 2.17. The highest BCUT2D eigenvalue weighted by molar-refractivity contribution is 5.39. The van der Waals surface area contributed by atoms with Crippen LogP contribution in [-0.4, -0.2) is 18.0 Å². The molecule has 4 heteroatoms. The van der Waals surface area contributed by atoms with Crippen LogP contribution in [0.1, 0.15) is 17.5 Å². The van der Waals surface area contributed by atoms with E-state index in [9.17, 15) is 10.1 Å². The summed E-state index contributed by atoms with van der Waals surface area (Å²) in [5.41, 5.74) is 2.46. The van der Waals surface area contributed by atoms with E-state index in [1.54, 1.807) is 12.1 Å². The van der Waals surface area contributed by atoms with E-state index in [0.29, 0.717) is 5.92 Å². The zero-order valence-corrected chi connectivity index (χ0v) is 9.40. The van der Waals surface area contributed by atoms with E-state index >= 15 is 0 Å². The number of benzene rings is 1. The van der Waals surface area contributed by atoms with Crippen LogP contribution in [0.3, 0.4) is 0 Å². The first-order chi connectivity index (χ1) is 7.66. The SMILES string of the molecule is Cc1ccc([N+](=O)[O-])cc1CC1CCNC1. The maximum absolute atomic E-state index is 10.7. The van der Waals surface area contributed by atoms with Crippen LogP contribution in [0, 0.1) is 23.0 Å². The molecule has 1 aliphatic rings. The zero-order valence-electron chi connectivity index (χ0n) is 9.40. The fourth-order valence-corrected chi connectivity index (χ4v) is 2.19. The molecule has 1 atom stereocenters. The third-order valence-electron chi connectivity index (χ3n) is 3.21. The number of hydrogen-bond acceptors (Lipinski definition) is 3. The van der Waals surface area contributed by atoms with Crippen molar-refractivity contribution in [3.05, 3.63) is 39.4 Å². The molecule has 4 nitrogen and oxygen atoms in total. The van der Waals surface area contributed by atoms with Gasteiger partial charge in [-0.1, -0.05) is 6.07 Å². The maximum Gasteiger partial charge on any atom is 0.269 e. The van der Waals surface area contributed by atoms with Gasteiger partial charge < -0.3 is 5.32 Å². The molecule has 0 spiro atoms. The fraction of sp³-hybridized carbons (Fsp3) is 0.500. The van der Waals surface area contributed by atoms with Gasteiger partial charge in [0, 0.05) is 12.1 Å². The highest BCUT2D eigenvalue weighted by atomic mass is 16.6. The minimum atomic E-state index is -0.324. The van der Waals surface area contributed by atoms with Gasteiger partial charge in [0.25, 0.3) is 5.69 Å². The maximum atomic E-state index is 10.7. The first-order valence-electron chi connectivity index (χ1n) is 5.61. The van der Waals surface area contributed by atoms with Gasteiger partial charge in [0.15, 0.2) is 0 Å².